The second kappa shape index (κ2) is 7.41. The summed E-state index contributed by atoms with van der Waals surface area (Å²) in [6, 6.07) is 12.3. The first-order chi connectivity index (χ1) is 12.2. The molecule has 0 bridgehead atoms. The van der Waals surface area contributed by atoms with Crippen LogP contribution in [0.5, 0.6) is 17.2 Å². The number of rotatable bonds is 4. The van der Waals surface area contributed by atoms with E-state index in [1.165, 1.54) is 6.08 Å². The number of nitrogens with one attached hydrogen (secondary N) is 1. The van der Waals surface area contributed by atoms with Crippen LogP contribution in [0.25, 0.3) is 6.08 Å². The van der Waals surface area contributed by atoms with Crippen molar-refractivity contribution in [3.8, 4) is 23.3 Å². The standard InChI is InChI=1S/C19H16N2O4/c1-23-16-10-13(11-17-19(16)25-8-7-24-17)5-6-18(22)21-15-4-2-3-14(9-15)12-20/h2-6,9-11H,7-8H2,1H3,(H,21,22)/b6-5+. The van der Waals surface area contributed by atoms with Crippen LogP contribution in [0.4, 0.5) is 5.69 Å². The summed E-state index contributed by atoms with van der Waals surface area (Å²) in [6.45, 7) is 0.946. The van der Waals surface area contributed by atoms with Crippen molar-refractivity contribution in [1.29, 1.82) is 5.26 Å². The number of hydrogen-bond acceptors (Lipinski definition) is 5. The second-order valence-corrected chi connectivity index (χ2v) is 5.26. The van der Waals surface area contributed by atoms with Gasteiger partial charge in [0.1, 0.15) is 13.2 Å². The fourth-order valence-corrected chi connectivity index (χ4v) is 2.41. The van der Waals surface area contributed by atoms with Gasteiger partial charge in [-0.3, -0.25) is 4.79 Å². The molecule has 2 aromatic carbocycles. The maximum atomic E-state index is 12.1. The number of carbonyl (C=O) groups excluding carboxylic acids is 1. The predicted octanol–water partition coefficient (Wildman–Crippen LogP) is 2.99. The van der Waals surface area contributed by atoms with Crippen molar-refractivity contribution < 1.29 is 19.0 Å². The first kappa shape index (κ1) is 16.4. The average molecular weight is 336 g/mol. The van der Waals surface area contributed by atoms with Gasteiger partial charge < -0.3 is 19.5 Å². The SMILES string of the molecule is COc1cc(/C=C/C(=O)Nc2cccc(C#N)c2)cc2c1OCCO2. The number of nitrogens with zero attached hydrogens (tertiary/aromatic N) is 1. The highest BCUT2D eigenvalue weighted by molar-refractivity contribution is 6.02. The Morgan fingerprint density at radius 1 is 1.28 bits per heavy atom. The number of carbonyl (C=O) groups is 1. The van der Waals surface area contributed by atoms with E-state index in [0.29, 0.717) is 41.7 Å². The van der Waals surface area contributed by atoms with Gasteiger partial charge in [0.05, 0.1) is 18.7 Å². The van der Waals surface area contributed by atoms with E-state index in [4.69, 9.17) is 19.5 Å². The number of nitriles is 1. The van der Waals surface area contributed by atoms with Crippen molar-refractivity contribution in [2.75, 3.05) is 25.6 Å². The number of methoxy groups -OCH3 is 1. The zero-order valence-corrected chi connectivity index (χ0v) is 13.6. The van der Waals surface area contributed by atoms with Crippen molar-refractivity contribution >= 4 is 17.7 Å². The van der Waals surface area contributed by atoms with Crippen LogP contribution in [0.15, 0.2) is 42.5 Å². The summed E-state index contributed by atoms with van der Waals surface area (Å²) in [5.41, 5.74) is 1.80. The molecule has 1 N–H and O–H groups in total. The van der Waals surface area contributed by atoms with Gasteiger partial charge in [0.15, 0.2) is 11.5 Å². The van der Waals surface area contributed by atoms with Crippen molar-refractivity contribution in [2.45, 2.75) is 0 Å². The third-order valence-corrected chi connectivity index (χ3v) is 3.54. The molecule has 0 atom stereocenters. The molecule has 1 heterocycles. The Labute approximate surface area is 145 Å². The molecule has 0 saturated heterocycles. The molecule has 0 radical (unpaired) electrons. The molecule has 0 unspecified atom stereocenters. The van der Waals surface area contributed by atoms with Crippen LogP contribution in [0, 0.1) is 11.3 Å². The largest absolute Gasteiger partial charge is 0.493 e. The Balaban J connectivity index is 1.75. The van der Waals surface area contributed by atoms with Crippen LogP contribution in [0.1, 0.15) is 11.1 Å². The van der Waals surface area contributed by atoms with E-state index in [0.717, 1.165) is 5.56 Å². The summed E-state index contributed by atoms with van der Waals surface area (Å²) in [7, 11) is 1.55. The number of amides is 1. The molecule has 6 nitrogen and oxygen atoms in total. The Morgan fingerprint density at radius 3 is 2.92 bits per heavy atom. The highest BCUT2D eigenvalue weighted by Gasteiger charge is 2.17. The van der Waals surface area contributed by atoms with Gasteiger partial charge in [-0.1, -0.05) is 6.07 Å². The van der Waals surface area contributed by atoms with Crippen molar-refractivity contribution in [3.63, 3.8) is 0 Å². The normalized spacial score (nSPS) is 12.5. The van der Waals surface area contributed by atoms with E-state index >= 15 is 0 Å². The number of fused-ring (bicyclic) bond motifs is 1. The maximum Gasteiger partial charge on any atom is 0.248 e. The monoisotopic (exact) mass is 336 g/mol. The molecule has 0 spiro atoms. The Hall–Kier alpha value is -3.46. The molecule has 0 aromatic heterocycles. The second-order valence-electron chi connectivity index (χ2n) is 5.26. The molecule has 126 valence electrons. The van der Waals surface area contributed by atoms with Gasteiger partial charge in [-0.15, -0.1) is 0 Å². The van der Waals surface area contributed by atoms with E-state index < -0.39 is 0 Å². The van der Waals surface area contributed by atoms with Gasteiger partial charge in [0.2, 0.25) is 11.7 Å². The summed E-state index contributed by atoms with van der Waals surface area (Å²) in [5.74, 6) is 1.42. The van der Waals surface area contributed by atoms with Crippen molar-refractivity contribution in [2.24, 2.45) is 0 Å². The number of anilines is 1. The smallest absolute Gasteiger partial charge is 0.248 e. The Bertz CT molecular complexity index is 851. The quantitative estimate of drug-likeness (QED) is 0.868. The number of hydrogen-bond donors (Lipinski definition) is 1. The lowest BCUT2D eigenvalue weighted by atomic mass is 10.1. The van der Waals surface area contributed by atoms with Gasteiger partial charge in [-0.25, -0.2) is 0 Å². The lowest BCUT2D eigenvalue weighted by Crippen LogP contribution is -2.16. The third-order valence-electron chi connectivity index (χ3n) is 3.54. The molecule has 1 aliphatic heterocycles. The minimum absolute atomic E-state index is 0.302. The molecule has 0 saturated carbocycles. The van der Waals surface area contributed by atoms with Gasteiger partial charge >= 0.3 is 0 Å². The highest BCUT2D eigenvalue weighted by Crippen LogP contribution is 2.40. The zero-order valence-electron chi connectivity index (χ0n) is 13.6. The fraction of sp³-hybridized carbons (Fsp3) is 0.158. The van der Waals surface area contributed by atoms with E-state index in [-0.39, 0.29) is 5.91 Å². The zero-order chi connectivity index (χ0) is 17.6. The number of benzene rings is 2. The lowest BCUT2D eigenvalue weighted by Gasteiger charge is -2.20. The molecule has 3 rings (SSSR count). The maximum absolute atomic E-state index is 12.1. The topological polar surface area (TPSA) is 80.6 Å². The summed E-state index contributed by atoms with van der Waals surface area (Å²) in [6.07, 6.45) is 3.06. The minimum atomic E-state index is -0.302. The van der Waals surface area contributed by atoms with Crippen molar-refractivity contribution in [3.05, 3.63) is 53.6 Å². The molecule has 25 heavy (non-hydrogen) atoms. The third kappa shape index (κ3) is 3.90. The molecular formula is C19H16N2O4. The van der Waals surface area contributed by atoms with Gasteiger partial charge in [-0.2, -0.15) is 5.26 Å². The van der Waals surface area contributed by atoms with E-state index in [2.05, 4.69) is 5.32 Å². The van der Waals surface area contributed by atoms with Crippen LogP contribution < -0.4 is 19.5 Å². The Kier molecular flexibility index (Phi) is 4.86. The first-order valence-corrected chi connectivity index (χ1v) is 7.66. The van der Waals surface area contributed by atoms with Crippen LogP contribution >= 0.6 is 0 Å². The van der Waals surface area contributed by atoms with E-state index in [1.807, 2.05) is 6.07 Å². The minimum Gasteiger partial charge on any atom is -0.493 e. The van der Waals surface area contributed by atoms with Crippen LogP contribution in [0.3, 0.4) is 0 Å². The molecule has 1 aliphatic rings. The van der Waals surface area contributed by atoms with Crippen LogP contribution in [-0.4, -0.2) is 26.2 Å². The molecular weight excluding hydrogens is 320 g/mol. The molecule has 1 amide bonds. The molecule has 0 aliphatic carbocycles. The molecule has 0 fully saturated rings. The summed E-state index contributed by atoms with van der Waals surface area (Å²) in [4.78, 5) is 12.1. The van der Waals surface area contributed by atoms with E-state index in [9.17, 15) is 4.79 Å². The van der Waals surface area contributed by atoms with Gasteiger partial charge in [-0.05, 0) is 42.0 Å². The lowest BCUT2D eigenvalue weighted by molar-refractivity contribution is -0.111. The number of ether oxygens (including phenoxy) is 3. The average Bonchev–Trinajstić information content (AvgIpc) is 2.65. The van der Waals surface area contributed by atoms with Crippen molar-refractivity contribution in [1.82, 2.24) is 0 Å². The Morgan fingerprint density at radius 2 is 2.12 bits per heavy atom. The first-order valence-electron chi connectivity index (χ1n) is 7.66. The fourth-order valence-electron chi connectivity index (χ4n) is 2.41. The molecule has 2 aromatic rings. The van der Waals surface area contributed by atoms with Crippen LogP contribution in [-0.2, 0) is 4.79 Å². The summed E-state index contributed by atoms with van der Waals surface area (Å²) in [5, 5.41) is 11.6. The van der Waals surface area contributed by atoms with E-state index in [1.54, 1.807) is 49.6 Å². The predicted molar refractivity (Wildman–Crippen MR) is 92.8 cm³/mol. The summed E-state index contributed by atoms with van der Waals surface area (Å²) < 4.78 is 16.4. The van der Waals surface area contributed by atoms with Crippen LogP contribution in [0.2, 0.25) is 0 Å². The van der Waals surface area contributed by atoms with Gasteiger partial charge in [0, 0.05) is 11.8 Å². The molecule has 6 heteroatoms. The highest BCUT2D eigenvalue weighted by atomic mass is 16.6. The summed E-state index contributed by atoms with van der Waals surface area (Å²) >= 11 is 0. The van der Waals surface area contributed by atoms with Gasteiger partial charge in [0.25, 0.3) is 0 Å².